The lowest BCUT2D eigenvalue weighted by Crippen LogP contribution is -2.21. The van der Waals surface area contributed by atoms with Crippen LogP contribution >= 0.6 is 0 Å². The van der Waals surface area contributed by atoms with Gasteiger partial charge in [0.25, 0.3) is 0 Å². The average Bonchev–Trinajstić information content (AvgIpc) is 2.77. The number of para-hydroxylation sites is 1. The second-order valence-corrected chi connectivity index (χ2v) is 6.17. The molecule has 6 nitrogen and oxygen atoms in total. The van der Waals surface area contributed by atoms with Gasteiger partial charge >= 0.3 is 0 Å². The minimum Gasteiger partial charge on any atom is -0.497 e. The van der Waals surface area contributed by atoms with Crippen LogP contribution in [0.5, 0.6) is 17.2 Å². The number of methoxy groups -OCH3 is 1. The molecule has 0 heterocycles. The van der Waals surface area contributed by atoms with Crippen molar-refractivity contribution >= 4 is 17.3 Å². The van der Waals surface area contributed by atoms with E-state index >= 15 is 0 Å². The normalized spacial score (nSPS) is 10.1. The molecule has 0 atom stereocenters. The number of carbonyl (C=O) groups excluding carboxylic acids is 1. The Morgan fingerprint density at radius 1 is 0.759 bits per heavy atom. The number of hydrogen-bond acceptors (Lipinski definition) is 5. The van der Waals surface area contributed by atoms with E-state index in [4.69, 9.17) is 14.2 Å². The van der Waals surface area contributed by atoms with E-state index in [-0.39, 0.29) is 12.5 Å². The van der Waals surface area contributed by atoms with E-state index in [9.17, 15) is 4.79 Å². The van der Waals surface area contributed by atoms with E-state index in [0.717, 1.165) is 17.2 Å². The third kappa shape index (κ3) is 6.77. The summed E-state index contributed by atoms with van der Waals surface area (Å²) in [5.41, 5.74) is 1.52. The van der Waals surface area contributed by atoms with Gasteiger partial charge in [0.1, 0.15) is 30.5 Å². The molecule has 3 aromatic rings. The highest BCUT2D eigenvalue weighted by atomic mass is 16.5. The van der Waals surface area contributed by atoms with E-state index in [1.165, 1.54) is 0 Å². The summed E-state index contributed by atoms with van der Waals surface area (Å²) in [4.78, 5) is 12.2. The molecule has 29 heavy (non-hydrogen) atoms. The Bertz CT molecular complexity index is 898. The fourth-order valence-corrected chi connectivity index (χ4v) is 2.60. The Balaban J connectivity index is 1.41. The highest BCUT2D eigenvalue weighted by Gasteiger charge is 2.04. The van der Waals surface area contributed by atoms with Crippen molar-refractivity contribution in [3.05, 3.63) is 78.9 Å². The Labute approximate surface area is 170 Å². The maximum atomic E-state index is 12.2. The fourth-order valence-electron chi connectivity index (χ4n) is 2.60. The molecule has 3 aromatic carbocycles. The summed E-state index contributed by atoms with van der Waals surface area (Å²) >= 11 is 0. The number of anilines is 2. The number of carbonyl (C=O) groups is 1. The van der Waals surface area contributed by atoms with E-state index in [1.54, 1.807) is 13.2 Å². The zero-order valence-electron chi connectivity index (χ0n) is 16.3. The Morgan fingerprint density at radius 3 is 2.17 bits per heavy atom. The second kappa shape index (κ2) is 10.6. The van der Waals surface area contributed by atoms with Gasteiger partial charge in [-0.2, -0.15) is 0 Å². The van der Waals surface area contributed by atoms with Gasteiger partial charge in [-0.1, -0.05) is 24.3 Å². The molecule has 0 aliphatic carbocycles. The van der Waals surface area contributed by atoms with Gasteiger partial charge in [0.15, 0.2) is 0 Å². The predicted octanol–water partition coefficient (Wildman–Crippen LogP) is 4.20. The molecule has 0 radical (unpaired) electrons. The molecule has 0 aromatic heterocycles. The summed E-state index contributed by atoms with van der Waals surface area (Å²) in [6.07, 6.45) is 0. The van der Waals surface area contributed by atoms with Crippen LogP contribution in [0.15, 0.2) is 78.9 Å². The third-order valence-electron chi connectivity index (χ3n) is 4.02. The SMILES string of the molecule is COc1ccc(NCC(=O)Nc2cccc(OCCOc3ccccc3)c2)cc1. The first-order valence-corrected chi connectivity index (χ1v) is 9.31. The summed E-state index contributed by atoms with van der Waals surface area (Å²) in [5, 5.41) is 5.93. The topological polar surface area (TPSA) is 68.8 Å². The van der Waals surface area contributed by atoms with Crippen molar-refractivity contribution in [2.75, 3.05) is 37.5 Å². The van der Waals surface area contributed by atoms with Gasteiger partial charge in [0.2, 0.25) is 5.91 Å². The summed E-state index contributed by atoms with van der Waals surface area (Å²) < 4.78 is 16.4. The molecule has 0 aliphatic heterocycles. The van der Waals surface area contributed by atoms with Gasteiger partial charge in [-0.05, 0) is 48.5 Å². The molecule has 3 rings (SSSR count). The molecule has 2 N–H and O–H groups in total. The van der Waals surface area contributed by atoms with Gasteiger partial charge in [-0.15, -0.1) is 0 Å². The van der Waals surface area contributed by atoms with Crippen molar-refractivity contribution < 1.29 is 19.0 Å². The summed E-state index contributed by atoms with van der Waals surface area (Å²) in [6, 6.07) is 24.3. The molecule has 0 saturated carbocycles. The lowest BCUT2D eigenvalue weighted by Gasteiger charge is -2.11. The molecule has 0 aliphatic rings. The van der Waals surface area contributed by atoms with Crippen LogP contribution in [0.25, 0.3) is 0 Å². The summed E-state index contributed by atoms with van der Waals surface area (Å²) in [7, 11) is 1.62. The monoisotopic (exact) mass is 392 g/mol. The standard InChI is InChI=1S/C23H24N2O4/c1-27-20-12-10-18(11-13-20)24-17-23(26)25-19-6-5-9-22(16-19)29-15-14-28-21-7-3-2-4-8-21/h2-13,16,24H,14-15,17H2,1H3,(H,25,26). The van der Waals surface area contributed by atoms with Gasteiger partial charge in [0, 0.05) is 17.4 Å². The van der Waals surface area contributed by atoms with Crippen molar-refractivity contribution in [3.63, 3.8) is 0 Å². The zero-order chi connectivity index (χ0) is 20.3. The lowest BCUT2D eigenvalue weighted by atomic mass is 10.3. The maximum Gasteiger partial charge on any atom is 0.243 e. The zero-order valence-corrected chi connectivity index (χ0v) is 16.3. The van der Waals surface area contributed by atoms with E-state index < -0.39 is 0 Å². The largest absolute Gasteiger partial charge is 0.497 e. The summed E-state index contributed by atoms with van der Waals surface area (Å²) in [6.45, 7) is 1.00. The number of hydrogen-bond donors (Lipinski definition) is 2. The van der Waals surface area contributed by atoms with Crippen LogP contribution in [0.2, 0.25) is 0 Å². The van der Waals surface area contributed by atoms with Crippen molar-refractivity contribution in [3.8, 4) is 17.2 Å². The van der Waals surface area contributed by atoms with E-state index in [2.05, 4.69) is 10.6 Å². The number of nitrogens with one attached hydrogen (secondary N) is 2. The highest BCUT2D eigenvalue weighted by Crippen LogP contribution is 2.18. The first-order chi connectivity index (χ1) is 14.2. The number of ether oxygens (including phenoxy) is 3. The van der Waals surface area contributed by atoms with Crippen LogP contribution in [0.3, 0.4) is 0 Å². The van der Waals surface area contributed by atoms with Gasteiger partial charge in [-0.25, -0.2) is 0 Å². The predicted molar refractivity (Wildman–Crippen MR) is 114 cm³/mol. The molecule has 0 bridgehead atoms. The lowest BCUT2D eigenvalue weighted by molar-refractivity contribution is -0.114. The third-order valence-corrected chi connectivity index (χ3v) is 4.02. The second-order valence-electron chi connectivity index (χ2n) is 6.17. The molecule has 0 unspecified atom stereocenters. The van der Waals surface area contributed by atoms with Gasteiger partial charge in [0.05, 0.1) is 13.7 Å². The molecule has 0 spiro atoms. The quantitative estimate of drug-likeness (QED) is 0.506. The van der Waals surface area contributed by atoms with E-state index in [0.29, 0.717) is 24.7 Å². The van der Waals surface area contributed by atoms with Crippen molar-refractivity contribution in [1.82, 2.24) is 0 Å². The minimum atomic E-state index is -0.148. The van der Waals surface area contributed by atoms with Crippen LogP contribution < -0.4 is 24.8 Å². The molecular weight excluding hydrogens is 368 g/mol. The van der Waals surface area contributed by atoms with Crippen LogP contribution in [0.1, 0.15) is 0 Å². The molecule has 1 amide bonds. The smallest absolute Gasteiger partial charge is 0.243 e. The first-order valence-electron chi connectivity index (χ1n) is 9.31. The van der Waals surface area contributed by atoms with Crippen molar-refractivity contribution in [2.45, 2.75) is 0 Å². The molecular formula is C23H24N2O4. The van der Waals surface area contributed by atoms with E-state index in [1.807, 2.05) is 72.8 Å². The molecule has 0 saturated heterocycles. The Kier molecular flexibility index (Phi) is 7.34. The number of rotatable bonds is 10. The van der Waals surface area contributed by atoms with Crippen LogP contribution in [-0.2, 0) is 4.79 Å². The van der Waals surface area contributed by atoms with Crippen LogP contribution in [0.4, 0.5) is 11.4 Å². The Hall–Kier alpha value is -3.67. The van der Waals surface area contributed by atoms with Gasteiger partial charge in [-0.3, -0.25) is 4.79 Å². The van der Waals surface area contributed by atoms with Gasteiger partial charge < -0.3 is 24.8 Å². The van der Waals surface area contributed by atoms with Crippen molar-refractivity contribution in [2.24, 2.45) is 0 Å². The summed E-state index contributed by atoms with van der Waals surface area (Å²) in [5.74, 6) is 2.10. The van der Waals surface area contributed by atoms with Crippen molar-refractivity contribution in [1.29, 1.82) is 0 Å². The molecule has 6 heteroatoms. The molecule has 150 valence electrons. The highest BCUT2D eigenvalue weighted by molar-refractivity contribution is 5.93. The maximum absolute atomic E-state index is 12.2. The van der Waals surface area contributed by atoms with Crippen LogP contribution in [-0.4, -0.2) is 32.8 Å². The first kappa shape index (κ1) is 20.1. The fraction of sp³-hybridized carbons (Fsp3) is 0.174. The number of benzene rings is 3. The van der Waals surface area contributed by atoms with Crippen LogP contribution in [0, 0.1) is 0 Å². The molecule has 0 fully saturated rings. The Morgan fingerprint density at radius 2 is 1.45 bits per heavy atom. The minimum absolute atomic E-state index is 0.148. The average molecular weight is 392 g/mol. The number of amides is 1.